The zero-order valence-electron chi connectivity index (χ0n) is 16.3. The predicted octanol–water partition coefficient (Wildman–Crippen LogP) is 3.38. The molecule has 1 amide bonds. The topological polar surface area (TPSA) is 57.9 Å². The smallest absolute Gasteiger partial charge is 0.267 e. The molecule has 2 aliphatic rings. The summed E-state index contributed by atoms with van der Waals surface area (Å²) in [6, 6.07) is 3.78. The molecule has 0 atom stereocenters. The molecule has 0 saturated carbocycles. The van der Waals surface area contributed by atoms with Gasteiger partial charge in [0.25, 0.3) is 11.5 Å². The highest BCUT2D eigenvalue weighted by Crippen LogP contribution is 2.33. The van der Waals surface area contributed by atoms with Gasteiger partial charge in [-0.2, -0.15) is 0 Å². The minimum atomic E-state index is -0.196. The second kappa shape index (κ2) is 8.12. The molecule has 2 aliphatic heterocycles. The number of piperidine rings is 1. The van der Waals surface area contributed by atoms with E-state index in [1.54, 1.807) is 22.7 Å². The lowest BCUT2D eigenvalue weighted by Gasteiger charge is -2.29. The van der Waals surface area contributed by atoms with Crippen LogP contribution in [-0.2, 0) is 4.79 Å². The molecule has 8 heteroatoms. The minimum Gasteiger partial charge on any atom is -0.356 e. The van der Waals surface area contributed by atoms with Gasteiger partial charge >= 0.3 is 0 Å². The number of aromatic nitrogens is 2. The normalized spacial score (nSPS) is 18.9. The fraction of sp³-hybridized carbons (Fsp3) is 0.333. The third kappa shape index (κ3) is 3.62. The average molecular weight is 427 g/mol. The number of fused-ring (bicyclic) bond motifs is 1. The molecule has 0 aromatic carbocycles. The average Bonchev–Trinajstić information content (AvgIpc) is 2.99. The summed E-state index contributed by atoms with van der Waals surface area (Å²) in [7, 11) is 0. The summed E-state index contributed by atoms with van der Waals surface area (Å²) in [4.78, 5) is 35.1. The molecule has 29 heavy (non-hydrogen) atoms. The Balaban J connectivity index is 1.90. The van der Waals surface area contributed by atoms with Crippen molar-refractivity contribution in [2.24, 2.45) is 0 Å². The fourth-order valence-electron chi connectivity index (χ4n) is 3.69. The number of pyridine rings is 1. The van der Waals surface area contributed by atoms with Gasteiger partial charge in [-0.05, 0) is 43.9 Å². The number of nitrogens with zero attached hydrogens (tertiary/aromatic N) is 4. The molecule has 0 bridgehead atoms. The van der Waals surface area contributed by atoms with E-state index in [2.05, 4.69) is 11.5 Å². The predicted molar refractivity (Wildman–Crippen MR) is 122 cm³/mol. The summed E-state index contributed by atoms with van der Waals surface area (Å²) in [5.74, 6) is 0.455. The molecular formula is C21H22N4O2S2. The van der Waals surface area contributed by atoms with E-state index in [1.807, 2.05) is 19.1 Å². The van der Waals surface area contributed by atoms with E-state index in [-0.39, 0.29) is 11.5 Å². The zero-order valence-corrected chi connectivity index (χ0v) is 17.9. The number of amides is 1. The Morgan fingerprint density at radius 3 is 2.76 bits per heavy atom. The molecule has 2 fully saturated rings. The molecule has 2 saturated heterocycles. The van der Waals surface area contributed by atoms with Gasteiger partial charge in [-0.3, -0.25) is 18.9 Å². The van der Waals surface area contributed by atoms with Gasteiger partial charge in [0.1, 0.15) is 15.8 Å². The van der Waals surface area contributed by atoms with E-state index < -0.39 is 0 Å². The van der Waals surface area contributed by atoms with Crippen molar-refractivity contribution in [1.82, 2.24) is 14.3 Å². The van der Waals surface area contributed by atoms with Crippen LogP contribution in [0.4, 0.5) is 5.82 Å². The molecule has 0 aliphatic carbocycles. The Morgan fingerprint density at radius 1 is 1.28 bits per heavy atom. The Kier molecular flexibility index (Phi) is 5.56. The number of hydrogen-bond acceptors (Lipinski definition) is 6. The van der Waals surface area contributed by atoms with Gasteiger partial charge in [0.05, 0.1) is 10.5 Å². The number of anilines is 1. The molecule has 0 N–H and O–H groups in total. The molecule has 2 aromatic heterocycles. The van der Waals surface area contributed by atoms with Crippen molar-refractivity contribution >= 4 is 51.7 Å². The summed E-state index contributed by atoms with van der Waals surface area (Å²) in [6.07, 6.45) is 8.33. The molecule has 2 aromatic rings. The van der Waals surface area contributed by atoms with Crippen molar-refractivity contribution in [2.45, 2.75) is 26.2 Å². The van der Waals surface area contributed by atoms with Gasteiger partial charge in [-0.15, -0.1) is 6.58 Å². The van der Waals surface area contributed by atoms with E-state index in [0.717, 1.165) is 31.5 Å². The second-order valence-electron chi connectivity index (χ2n) is 7.17. The van der Waals surface area contributed by atoms with Gasteiger partial charge < -0.3 is 4.90 Å². The van der Waals surface area contributed by atoms with Gasteiger partial charge in [0.2, 0.25) is 0 Å². The summed E-state index contributed by atoms with van der Waals surface area (Å²) in [6.45, 7) is 7.69. The number of hydrogen-bond donors (Lipinski definition) is 0. The molecule has 0 radical (unpaired) electrons. The van der Waals surface area contributed by atoms with E-state index in [4.69, 9.17) is 17.2 Å². The van der Waals surface area contributed by atoms with Gasteiger partial charge in [0.15, 0.2) is 0 Å². The summed E-state index contributed by atoms with van der Waals surface area (Å²) in [5.41, 5.74) is 1.85. The third-order valence-corrected chi connectivity index (χ3v) is 6.56. The lowest BCUT2D eigenvalue weighted by atomic mass is 10.1. The SMILES string of the molecule is C=CCN1C(=O)C(=Cc2c(N3CCCCC3)nc3c(C)cccn3c2=O)SC1=S. The highest BCUT2D eigenvalue weighted by atomic mass is 32.2. The number of thiocarbonyl (C=S) groups is 1. The molecule has 0 unspecified atom stereocenters. The molecule has 150 valence electrons. The Bertz CT molecular complexity index is 1100. The van der Waals surface area contributed by atoms with Crippen LogP contribution in [0.3, 0.4) is 0 Å². The maximum atomic E-state index is 13.4. The lowest BCUT2D eigenvalue weighted by Crippen LogP contribution is -2.33. The van der Waals surface area contributed by atoms with Crippen LogP contribution in [-0.4, -0.2) is 44.1 Å². The summed E-state index contributed by atoms with van der Waals surface area (Å²) >= 11 is 6.55. The maximum absolute atomic E-state index is 13.4. The third-order valence-electron chi connectivity index (χ3n) is 5.18. The van der Waals surface area contributed by atoms with Gasteiger partial charge in [0, 0.05) is 25.8 Å². The maximum Gasteiger partial charge on any atom is 0.267 e. The zero-order chi connectivity index (χ0) is 20.5. The number of rotatable bonds is 4. The first-order chi connectivity index (χ1) is 14.0. The molecular weight excluding hydrogens is 404 g/mol. The van der Waals surface area contributed by atoms with Crippen LogP contribution >= 0.6 is 24.0 Å². The number of aryl methyl sites for hydroxylation is 1. The minimum absolute atomic E-state index is 0.173. The lowest BCUT2D eigenvalue weighted by molar-refractivity contribution is -0.121. The fourth-order valence-corrected chi connectivity index (χ4v) is 4.95. The molecule has 4 heterocycles. The van der Waals surface area contributed by atoms with Crippen molar-refractivity contribution in [2.75, 3.05) is 24.5 Å². The van der Waals surface area contributed by atoms with Crippen LogP contribution in [0.15, 0.2) is 40.7 Å². The summed E-state index contributed by atoms with van der Waals surface area (Å²) < 4.78 is 2.03. The van der Waals surface area contributed by atoms with E-state index in [0.29, 0.717) is 32.8 Å². The largest absolute Gasteiger partial charge is 0.356 e. The van der Waals surface area contributed by atoms with Gasteiger partial charge in [-0.1, -0.05) is 36.1 Å². The first kappa shape index (κ1) is 19.8. The van der Waals surface area contributed by atoms with Crippen molar-refractivity contribution in [3.05, 3.63) is 57.4 Å². The molecule has 6 nitrogen and oxygen atoms in total. The number of carbonyl (C=O) groups excluding carboxylic acids is 1. The van der Waals surface area contributed by atoms with Crippen LogP contribution in [0.1, 0.15) is 30.4 Å². The second-order valence-corrected chi connectivity index (χ2v) is 8.84. The Morgan fingerprint density at radius 2 is 2.03 bits per heavy atom. The van der Waals surface area contributed by atoms with Crippen molar-refractivity contribution in [1.29, 1.82) is 0 Å². The number of carbonyl (C=O) groups is 1. The monoisotopic (exact) mass is 426 g/mol. The van der Waals surface area contributed by atoms with Crippen molar-refractivity contribution < 1.29 is 4.79 Å². The van der Waals surface area contributed by atoms with Crippen LogP contribution in [0.25, 0.3) is 11.7 Å². The van der Waals surface area contributed by atoms with Crippen molar-refractivity contribution in [3.63, 3.8) is 0 Å². The standard InChI is InChI=1S/C21H22N4O2S2/c1-3-9-25-20(27)16(29-21(25)28)13-15-18(23-10-5-4-6-11-23)22-17-14(2)8-7-12-24(17)19(15)26/h3,7-8,12-13H,1,4-6,9-11H2,2H3. The van der Waals surface area contributed by atoms with Crippen LogP contribution in [0, 0.1) is 6.92 Å². The Hall–Kier alpha value is -2.45. The highest BCUT2D eigenvalue weighted by Gasteiger charge is 2.32. The summed E-state index contributed by atoms with van der Waals surface area (Å²) in [5, 5.41) is 0. The van der Waals surface area contributed by atoms with Gasteiger partial charge in [-0.25, -0.2) is 4.98 Å². The quantitative estimate of drug-likeness (QED) is 0.424. The van der Waals surface area contributed by atoms with E-state index in [9.17, 15) is 9.59 Å². The van der Waals surface area contributed by atoms with Crippen LogP contribution in [0.2, 0.25) is 0 Å². The van der Waals surface area contributed by atoms with Crippen LogP contribution < -0.4 is 10.5 Å². The van der Waals surface area contributed by atoms with E-state index >= 15 is 0 Å². The number of thioether (sulfide) groups is 1. The molecule has 0 spiro atoms. The molecule has 4 rings (SSSR count). The first-order valence-electron chi connectivity index (χ1n) is 9.64. The first-order valence-corrected chi connectivity index (χ1v) is 10.9. The van der Waals surface area contributed by atoms with Crippen LogP contribution in [0.5, 0.6) is 0 Å². The van der Waals surface area contributed by atoms with E-state index in [1.165, 1.54) is 23.1 Å². The van der Waals surface area contributed by atoms with Crippen molar-refractivity contribution in [3.8, 4) is 0 Å². The Labute approximate surface area is 178 Å². The highest BCUT2D eigenvalue weighted by molar-refractivity contribution is 8.26.